The highest BCUT2D eigenvalue weighted by molar-refractivity contribution is 7.91. The van der Waals surface area contributed by atoms with Gasteiger partial charge in [0.2, 0.25) is 15.0 Å². The van der Waals surface area contributed by atoms with Crippen LogP contribution in [0.2, 0.25) is 0 Å². The molecule has 4 rings (SSSR count). The van der Waals surface area contributed by atoms with Crippen LogP contribution in [0.3, 0.4) is 0 Å². The number of nitrogens with one attached hydrogen (secondary N) is 1. The van der Waals surface area contributed by atoms with E-state index >= 15 is 0 Å². The van der Waals surface area contributed by atoms with Crippen LogP contribution in [0, 0.1) is 11.8 Å². The lowest BCUT2D eigenvalue weighted by molar-refractivity contribution is 0.280. The number of aromatic amines is 1. The van der Waals surface area contributed by atoms with E-state index < -0.39 is 9.84 Å². The predicted octanol–water partition coefficient (Wildman–Crippen LogP) is 3.95. The molecule has 0 amide bonds. The number of nitrogens with zero attached hydrogens (tertiary/aromatic N) is 4. The van der Waals surface area contributed by atoms with Crippen molar-refractivity contribution in [2.45, 2.75) is 89.5 Å². The zero-order valence-corrected chi connectivity index (χ0v) is 19.8. The third kappa shape index (κ3) is 5.98. The summed E-state index contributed by atoms with van der Waals surface area (Å²) in [6.07, 6.45) is 12.1. The summed E-state index contributed by atoms with van der Waals surface area (Å²) in [5.74, 6) is 1.12. The third-order valence-corrected chi connectivity index (χ3v) is 8.35. The first-order valence-electron chi connectivity index (χ1n) is 11.9. The second-order valence-electron chi connectivity index (χ2n) is 9.68. The lowest BCUT2D eigenvalue weighted by Gasteiger charge is -2.25. The molecule has 0 spiro atoms. The standard InChI is InChI=1S/C23H37N5O2S/c1-3-7-20-12-21(26-25-20)15-27(2)16-22-13-24-23(31(29,30)17-19-10-11-19)28(22)14-18-8-5-4-6-9-18/h12-13,18-19H,3-11,14-17H2,1-2H3,(H,25,26). The largest absolute Gasteiger partial charge is 0.317 e. The number of hydrogen-bond donors (Lipinski definition) is 1. The van der Waals surface area contributed by atoms with Gasteiger partial charge in [-0.2, -0.15) is 5.10 Å². The van der Waals surface area contributed by atoms with E-state index in [0.717, 1.165) is 55.9 Å². The second kappa shape index (κ2) is 9.86. The summed E-state index contributed by atoms with van der Waals surface area (Å²) in [5.41, 5.74) is 3.18. The molecule has 7 nitrogen and oxygen atoms in total. The zero-order valence-electron chi connectivity index (χ0n) is 19.0. The molecule has 0 aliphatic heterocycles. The lowest BCUT2D eigenvalue weighted by Crippen LogP contribution is -2.24. The first kappa shape index (κ1) is 22.5. The van der Waals surface area contributed by atoms with Gasteiger partial charge < -0.3 is 4.57 Å². The van der Waals surface area contributed by atoms with Crippen LogP contribution in [0.5, 0.6) is 0 Å². The smallest absolute Gasteiger partial charge is 0.227 e. The van der Waals surface area contributed by atoms with Crippen LogP contribution in [-0.2, 0) is 35.9 Å². The molecule has 2 aliphatic carbocycles. The van der Waals surface area contributed by atoms with E-state index in [9.17, 15) is 8.42 Å². The van der Waals surface area contributed by atoms with Crippen LogP contribution in [0.1, 0.15) is 75.4 Å². The van der Waals surface area contributed by atoms with Crippen LogP contribution >= 0.6 is 0 Å². The van der Waals surface area contributed by atoms with Crippen molar-refractivity contribution in [3.8, 4) is 0 Å². The molecule has 31 heavy (non-hydrogen) atoms. The Morgan fingerprint density at radius 3 is 2.61 bits per heavy atom. The molecule has 8 heteroatoms. The average molecular weight is 448 g/mol. The van der Waals surface area contributed by atoms with Gasteiger partial charge in [-0.15, -0.1) is 0 Å². The number of H-pyrrole nitrogens is 1. The molecule has 2 aromatic heterocycles. The van der Waals surface area contributed by atoms with Gasteiger partial charge >= 0.3 is 0 Å². The van der Waals surface area contributed by atoms with Gasteiger partial charge in [-0.3, -0.25) is 10.00 Å². The van der Waals surface area contributed by atoms with Gasteiger partial charge in [-0.05, 0) is 57.1 Å². The van der Waals surface area contributed by atoms with Gasteiger partial charge in [0.25, 0.3) is 0 Å². The molecule has 0 bridgehead atoms. The molecule has 2 aromatic rings. The molecule has 0 unspecified atom stereocenters. The number of hydrogen-bond acceptors (Lipinski definition) is 5. The van der Waals surface area contributed by atoms with Gasteiger partial charge in [0.05, 0.1) is 23.3 Å². The summed E-state index contributed by atoms with van der Waals surface area (Å²) in [6, 6.07) is 2.13. The molecule has 2 heterocycles. The third-order valence-electron chi connectivity index (χ3n) is 6.56. The number of aromatic nitrogens is 4. The topological polar surface area (TPSA) is 83.9 Å². The summed E-state index contributed by atoms with van der Waals surface area (Å²) in [6.45, 7) is 4.34. The normalized spacial score (nSPS) is 18.2. The molecule has 0 saturated heterocycles. The molecule has 172 valence electrons. The maximum atomic E-state index is 13.1. The van der Waals surface area contributed by atoms with E-state index in [1.807, 2.05) is 4.57 Å². The average Bonchev–Trinajstić information content (AvgIpc) is 3.27. The van der Waals surface area contributed by atoms with E-state index in [0.29, 0.717) is 23.5 Å². The molecule has 0 atom stereocenters. The van der Waals surface area contributed by atoms with Crippen molar-refractivity contribution in [2.75, 3.05) is 12.8 Å². The summed E-state index contributed by atoms with van der Waals surface area (Å²) in [7, 11) is -1.27. The molecular weight excluding hydrogens is 410 g/mol. The summed E-state index contributed by atoms with van der Waals surface area (Å²) >= 11 is 0. The molecule has 0 aromatic carbocycles. The number of aryl methyl sites for hydroxylation is 1. The lowest BCUT2D eigenvalue weighted by atomic mass is 9.89. The van der Waals surface area contributed by atoms with Crippen molar-refractivity contribution in [2.24, 2.45) is 11.8 Å². The Balaban J connectivity index is 1.50. The Morgan fingerprint density at radius 1 is 1.13 bits per heavy atom. The molecular formula is C23H37N5O2S. The van der Waals surface area contributed by atoms with Gasteiger partial charge in [0, 0.05) is 25.3 Å². The second-order valence-corrected chi connectivity index (χ2v) is 11.6. The van der Waals surface area contributed by atoms with Crippen molar-refractivity contribution in [3.05, 3.63) is 29.3 Å². The van der Waals surface area contributed by atoms with Crippen LogP contribution in [0.25, 0.3) is 0 Å². The fourth-order valence-electron chi connectivity index (χ4n) is 4.76. The van der Waals surface area contributed by atoms with Crippen LogP contribution in [0.15, 0.2) is 17.4 Å². The van der Waals surface area contributed by atoms with Crippen molar-refractivity contribution < 1.29 is 8.42 Å². The van der Waals surface area contributed by atoms with Gasteiger partial charge in [-0.25, -0.2) is 13.4 Å². The Hall–Kier alpha value is -1.67. The maximum absolute atomic E-state index is 13.1. The van der Waals surface area contributed by atoms with E-state index in [-0.39, 0.29) is 5.75 Å². The molecule has 2 saturated carbocycles. The van der Waals surface area contributed by atoms with E-state index in [4.69, 9.17) is 0 Å². The fraction of sp³-hybridized carbons (Fsp3) is 0.739. The van der Waals surface area contributed by atoms with Crippen LogP contribution in [0.4, 0.5) is 0 Å². The molecule has 2 fully saturated rings. The zero-order chi connectivity index (χ0) is 21.8. The van der Waals surface area contributed by atoms with Gasteiger partial charge in [0.15, 0.2) is 0 Å². The number of sulfone groups is 1. The first-order valence-corrected chi connectivity index (χ1v) is 13.6. The highest BCUT2D eigenvalue weighted by Crippen LogP contribution is 2.33. The summed E-state index contributed by atoms with van der Waals surface area (Å²) in [5, 5.41) is 7.81. The maximum Gasteiger partial charge on any atom is 0.227 e. The number of rotatable bonds is 11. The minimum atomic E-state index is -3.34. The summed E-state index contributed by atoms with van der Waals surface area (Å²) in [4.78, 5) is 6.65. The highest BCUT2D eigenvalue weighted by atomic mass is 32.2. The van der Waals surface area contributed by atoms with Crippen LogP contribution in [-0.4, -0.2) is 45.9 Å². The fourth-order valence-corrected chi connectivity index (χ4v) is 6.60. The molecule has 2 aliphatic rings. The SMILES string of the molecule is CCCc1cc(CN(C)Cc2cnc(S(=O)(=O)CC3CC3)n2CC2CCCCC2)[nH]n1. The van der Waals surface area contributed by atoms with Crippen LogP contribution < -0.4 is 0 Å². The van der Waals surface area contributed by atoms with Crippen molar-refractivity contribution in [1.29, 1.82) is 0 Å². The monoisotopic (exact) mass is 447 g/mol. The quantitative estimate of drug-likeness (QED) is 0.564. The van der Waals surface area contributed by atoms with Crippen molar-refractivity contribution in [1.82, 2.24) is 24.6 Å². The number of imidazole rings is 1. The van der Waals surface area contributed by atoms with Crippen molar-refractivity contribution in [3.63, 3.8) is 0 Å². The predicted molar refractivity (Wildman–Crippen MR) is 121 cm³/mol. The molecule has 1 N–H and O–H groups in total. The minimum absolute atomic E-state index is 0.248. The Kier molecular flexibility index (Phi) is 7.16. The van der Waals surface area contributed by atoms with Gasteiger partial charge in [-0.1, -0.05) is 32.6 Å². The summed E-state index contributed by atoms with van der Waals surface area (Å²) < 4.78 is 28.2. The van der Waals surface area contributed by atoms with E-state index in [1.54, 1.807) is 6.20 Å². The highest BCUT2D eigenvalue weighted by Gasteiger charge is 2.33. The first-order chi connectivity index (χ1) is 14.9. The van der Waals surface area contributed by atoms with Gasteiger partial charge in [0.1, 0.15) is 0 Å². The minimum Gasteiger partial charge on any atom is -0.317 e. The Labute approximate surface area is 186 Å². The van der Waals surface area contributed by atoms with E-state index in [2.05, 4.69) is 40.1 Å². The molecule has 0 radical (unpaired) electrons. The Morgan fingerprint density at radius 2 is 1.90 bits per heavy atom. The van der Waals surface area contributed by atoms with E-state index in [1.165, 1.54) is 32.1 Å². The Bertz CT molecular complexity index is 955. The van der Waals surface area contributed by atoms with Crippen molar-refractivity contribution >= 4 is 9.84 Å².